The molecule has 28 heavy (non-hydrogen) atoms. The van der Waals surface area contributed by atoms with E-state index in [1.54, 1.807) is 26.0 Å². The van der Waals surface area contributed by atoms with Gasteiger partial charge in [-0.05, 0) is 34.5 Å². The number of thioether (sulfide) groups is 1. The molecule has 0 saturated heterocycles. The van der Waals surface area contributed by atoms with Crippen molar-refractivity contribution in [2.24, 2.45) is 7.05 Å². The summed E-state index contributed by atoms with van der Waals surface area (Å²) < 4.78 is 12.7. The Morgan fingerprint density at radius 2 is 1.68 bits per heavy atom. The first-order valence-electron chi connectivity index (χ1n) is 8.92. The van der Waals surface area contributed by atoms with Crippen LogP contribution in [-0.4, -0.2) is 29.0 Å². The first-order chi connectivity index (χ1) is 13.7. The van der Waals surface area contributed by atoms with E-state index >= 15 is 0 Å². The monoisotopic (exact) mass is 391 g/mol. The SMILES string of the molecule is COc1ccc(-c2nnc(SCc3cccc4ccccc34)n2C)cc1OC. The van der Waals surface area contributed by atoms with E-state index in [1.807, 2.05) is 29.8 Å². The summed E-state index contributed by atoms with van der Waals surface area (Å²) in [4.78, 5) is 0. The normalized spacial score (nSPS) is 11.0. The largest absolute Gasteiger partial charge is 0.493 e. The van der Waals surface area contributed by atoms with Gasteiger partial charge in [0.1, 0.15) is 0 Å². The lowest BCUT2D eigenvalue weighted by Crippen LogP contribution is -1.97. The van der Waals surface area contributed by atoms with Crippen molar-refractivity contribution in [2.75, 3.05) is 14.2 Å². The fourth-order valence-electron chi connectivity index (χ4n) is 3.23. The van der Waals surface area contributed by atoms with Gasteiger partial charge in [0.05, 0.1) is 14.2 Å². The number of ether oxygens (including phenoxy) is 2. The van der Waals surface area contributed by atoms with E-state index in [0.717, 1.165) is 22.3 Å². The predicted molar refractivity (Wildman–Crippen MR) is 113 cm³/mol. The Morgan fingerprint density at radius 3 is 2.50 bits per heavy atom. The van der Waals surface area contributed by atoms with Crippen LogP contribution in [0.25, 0.3) is 22.2 Å². The molecule has 0 N–H and O–H groups in total. The number of benzene rings is 3. The summed E-state index contributed by atoms with van der Waals surface area (Å²) in [6.45, 7) is 0. The molecule has 0 aliphatic rings. The molecular formula is C22H21N3O2S. The van der Waals surface area contributed by atoms with Crippen LogP contribution < -0.4 is 9.47 Å². The summed E-state index contributed by atoms with van der Waals surface area (Å²) in [5.41, 5.74) is 2.23. The zero-order valence-corrected chi connectivity index (χ0v) is 16.9. The summed E-state index contributed by atoms with van der Waals surface area (Å²) in [7, 11) is 5.24. The van der Waals surface area contributed by atoms with Gasteiger partial charge >= 0.3 is 0 Å². The molecule has 0 aliphatic heterocycles. The summed E-state index contributed by atoms with van der Waals surface area (Å²) in [5, 5.41) is 12.2. The van der Waals surface area contributed by atoms with E-state index in [9.17, 15) is 0 Å². The molecule has 0 saturated carbocycles. The lowest BCUT2D eigenvalue weighted by molar-refractivity contribution is 0.355. The fourth-order valence-corrected chi connectivity index (χ4v) is 4.14. The smallest absolute Gasteiger partial charge is 0.191 e. The van der Waals surface area contributed by atoms with Gasteiger partial charge in [0.2, 0.25) is 0 Å². The Kier molecular flexibility index (Phi) is 5.21. The Hall–Kier alpha value is -2.99. The lowest BCUT2D eigenvalue weighted by Gasteiger charge is -2.10. The number of fused-ring (bicyclic) bond motifs is 1. The molecule has 0 bridgehead atoms. The van der Waals surface area contributed by atoms with Gasteiger partial charge in [-0.3, -0.25) is 0 Å². The fraction of sp³-hybridized carbons (Fsp3) is 0.182. The van der Waals surface area contributed by atoms with Crippen molar-refractivity contribution in [2.45, 2.75) is 10.9 Å². The Balaban J connectivity index is 1.59. The summed E-state index contributed by atoms with van der Waals surface area (Å²) in [6, 6.07) is 20.6. The van der Waals surface area contributed by atoms with Crippen molar-refractivity contribution < 1.29 is 9.47 Å². The average Bonchev–Trinajstić information content (AvgIpc) is 3.12. The molecule has 0 fully saturated rings. The van der Waals surface area contributed by atoms with Crippen molar-refractivity contribution in [3.8, 4) is 22.9 Å². The Bertz CT molecular complexity index is 1120. The molecule has 4 aromatic rings. The number of aromatic nitrogens is 3. The molecule has 1 aromatic heterocycles. The maximum Gasteiger partial charge on any atom is 0.191 e. The molecule has 0 unspecified atom stereocenters. The third kappa shape index (κ3) is 3.43. The van der Waals surface area contributed by atoms with Crippen LogP contribution in [0.1, 0.15) is 5.56 Å². The van der Waals surface area contributed by atoms with Crippen LogP contribution in [0.5, 0.6) is 11.5 Å². The maximum absolute atomic E-state index is 5.40. The highest BCUT2D eigenvalue weighted by atomic mass is 32.2. The van der Waals surface area contributed by atoms with E-state index in [4.69, 9.17) is 9.47 Å². The van der Waals surface area contributed by atoms with Gasteiger partial charge in [-0.25, -0.2) is 0 Å². The van der Waals surface area contributed by atoms with Gasteiger partial charge in [-0.15, -0.1) is 10.2 Å². The summed E-state index contributed by atoms with van der Waals surface area (Å²) in [5.74, 6) is 2.99. The molecule has 5 nitrogen and oxygen atoms in total. The highest BCUT2D eigenvalue weighted by Gasteiger charge is 2.14. The number of hydrogen-bond donors (Lipinski definition) is 0. The molecule has 6 heteroatoms. The third-order valence-electron chi connectivity index (χ3n) is 4.71. The molecule has 1 heterocycles. The van der Waals surface area contributed by atoms with Crippen LogP contribution in [-0.2, 0) is 12.8 Å². The zero-order valence-electron chi connectivity index (χ0n) is 16.0. The van der Waals surface area contributed by atoms with Gasteiger partial charge < -0.3 is 14.0 Å². The highest BCUT2D eigenvalue weighted by molar-refractivity contribution is 7.98. The van der Waals surface area contributed by atoms with Crippen LogP contribution in [0.2, 0.25) is 0 Å². The predicted octanol–water partition coefficient (Wildman–Crippen LogP) is 4.94. The van der Waals surface area contributed by atoms with Crippen LogP contribution in [0, 0.1) is 0 Å². The van der Waals surface area contributed by atoms with Gasteiger partial charge in [-0.2, -0.15) is 0 Å². The van der Waals surface area contributed by atoms with Gasteiger partial charge in [0.15, 0.2) is 22.5 Å². The van der Waals surface area contributed by atoms with Gasteiger partial charge in [-0.1, -0.05) is 54.2 Å². The van der Waals surface area contributed by atoms with E-state index in [0.29, 0.717) is 11.5 Å². The average molecular weight is 391 g/mol. The van der Waals surface area contributed by atoms with E-state index in [2.05, 4.69) is 52.7 Å². The number of nitrogens with zero attached hydrogens (tertiary/aromatic N) is 3. The van der Waals surface area contributed by atoms with Crippen LogP contribution in [0.4, 0.5) is 0 Å². The molecule has 3 aromatic carbocycles. The minimum Gasteiger partial charge on any atom is -0.493 e. The first-order valence-corrected chi connectivity index (χ1v) is 9.91. The minimum absolute atomic E-state index is 0.674. The zero-order chi connectivity index (χ0) is 19.5. The Labute approximate surface area is 168 Å². The number of rotatable bonds is 6. The second-order valence-corrected chi connectivity index (χ2v) is 7.30. The van der Waals surface area contributed by atoms with Crippen LogP contribution in [0.3, 0.4) is 0 Å². The van der Waals surface area contributed by atoms with E-state index < -0.39 is 0 Å². The number of hydrogen-bond acceptors (Lipinski definition) is 5. The van der Waals surface area contributed by atoms with Crippen molar-refractivity contribution >= 4 is 22.5 Å². The molecule has 0 aliphatic carbocycles. The number of methoxy groups -OCH3 is 2. The second kappa shape index (κ2) is 7.94. The topological polar surface area (TPSA) is 49.2 Å². The molecule has 0 radical (unpaired) electrons. The summed E-state index contributed by atoms with van der Waals surface area (Å²) >= 11 is 1.68. The third-order valence-corrected chi connectivity index (χ3v) is 5.78. The van der Waals surface area contributed by atoms with Crippen molar-refractivity contribution in [3.05, 3.63) is 66.2 Å². The summed E-state index contributed by atoms with van der Waals surface area (Å²) in [6.07, 6.45) is 0. The standard InChI is InChI=1S/C22H21N3O2S/c1-25-21(16-11-12-19(26-2)20(13-16)27-3)23-24-22(25)28-14-17-9-6-8-15-7-4-5-10-18(15)17/h4-13H,14H2,1-3H3. The lowest BCUT2D eigenvalue weighted by atomic mass is 10.1. The molecule has 142 valence electrons. The van der Waals surface area contributed by atoms with Gasteiger partial charge in [0, 0.05) is 18.4 Å². The molecule has 0 spiro atoms. The molecule has 0 atom stereocenters. The second-order valence-electron chi connectivity index (χ2n) is 6.36. The minimum atomic E-state index is 0.674. The molecule has 0 amide bonds. The van der Waals surface area contributed by atoms with Crippen LogP contribution >= 0.6 is 11.8 Å². The van der Waals surface area contributed by atoms with Crippen LogP contribution in [0.15, 0.2) is 65.8 Å². The van der Waals surface area contributed by atoms with E-state index in [1.165, 1.54) is 16.3 Å². The van der Waals surface area contributed by atoms with E-state index in [-0.39, 0.29) is 0 Å². The Morgan fingerprint density at radius 1 is 0.893 bits per heavy atom. The first kappa shape index (κ1) is 18.4. The quantitative estimate of drug-likeness (QED) is 0.436. The highest BCUT2D eigenvalue weighted by Crippen LogP contribution is 2.33. The molecule has 4 rings (SSSR count). The molecular weight excluding hydrogens is 370 g/mol. The van der Waals surface area contributed by atoms with Crippen molar-refractivity contribution in [1.29, 1.82) is 0 Å². The van der Waals surface area contributed by atoms with Crippen molar-refractivity contribution in [3.63, 3.8) is 0 Å². The van der Waals surface area contributed by atoms with Crippen molar-refractivity contribution in [1.82, 2.24) is 14.8 Å². The van der Waals surface area contributed by atoms with Gasteiger partial charge in [0.25, 0.3) is 0 Å². The maximum atomic E-state index is 5.40.